The SMILES string of the molecule is Fc1cccc(Cl)c1CNc1ccccc1SC(F)(F)F. The molecule has 1 N–H and O–H groups in total. The molecule has 0 atom stereocenters. The van der Waals surface area contributed by atoms with Crippen LogP contribution in [0.25, 0.3) is 0 Å². The molecule has 2 rings (SSSR count). The number of halogens is 5. The summed E-state index contributed by atoms with van der Waals surface area (Å²) in [4.78, 5) is 0.0254. The molecule has 112 valence electrons. The minimum Gasteiger partial charge on any atom is -0.380 e. The highest BCUT2D eigenvalue weighted by Gasteiger charge is 2.30. The van der Waals surface area contributed by atoms with Crippen LogP contribution in [0.2, 0.25) is 5.02 Å². The number of benzene rings is 2. The number of rotatable bonds is 4. The number of thioether (sulfide) groups is 1. The summed E-state index contributed by atoms with van der Waals surface area (Å²) in [7, 11) is 0. The Hall–Kier alpha value is -1.40. The van der Waals surface area contributed by atoms with E-state index >= 15 is 0 Å². The fraction of sp³-hybridized carbons (Fsp3) is 0.143. The average Bonchev–Trinajstić information content (AvgIpc) is 2.38. The minimum absolute atomic E-state index is 0.000930. The van der Waals surface area contributed by atoms with Gasteiger partial charge in [-0.05, 0) is 36.0 Å². The van der Waals surface area contributed by atoms with Crippen LogP contribution in [0.5, 0.6) is 0 Å². The van der Waals surface area contributed by atoms with E-state index in [1.165, 1.54) is 36.4 Å². The topological polar surface area (TPSA) is 12.0 Å². The van der Waals surface area contributed by atoms with Crippen molar-refractivity contribution in [2.24, 2.45) is 0 Å². The average molecular weight is 336 g/mol. The molecule has 0 saturated carbocycles. The van der Waals surface area contributed by atoms with Crippen LogP contribution in [0.1, 0.15) is 5.56 Å². The molecule has 2 aromatic carbocycles. The number of anilines is 1. The van der Waals surface area contributed by atoms with Gasteiger partial charge in [-0.3, -0.25) is 0 Å². The Labute approximate surface area is 128 Å². The summed E-state index contributed by atoms with van der Waals surface area (Å²) in [6.07, 6.45) is 0. The first-order valence-corrected chi connectivity index (χ1v) is 7.08. The molecule has 0 aliphatic carbocycles. The lowest BCUT2D eigenvalue weighted by molar-refractivity contribution is -0.0327. The Kier molecular flexibility index (Phi) is 5.00. The molecule has 0 radical (unpaired) electrons. The van der Waals surface area contributed by atoms with Crippen molar-refractivity contribution in [2.45, 2.75) is 16.9 Å². The Morgan fingerprint density at radius 3 is 2.43 bits per heavy atom. The van der Waals surface area contributed by atoms with Crippen LogP contribution in [0.4, 0.5) is 23.2 Å². The summed E-state index contributed by atoms with van der Waals surface area (Å²) in [5, 5.41) is 3.01. The molecular weight excluding hydrogens is 326 g/mol. The summed E-state index contributed by atoms with van der Waals surface area (Å²) < 4.78 is 51.0. The van der Waals surface area contributed by atoms with Gasteiger partial charge in [0.25, 0.3) is 0 Å². The quantitative estimate of drug-likeness (QED) is 0.568. The van der Waals surface area contributed by atoms with Crippen molar-refractivity contribution < 1.29 is 17.6 Å². The summed E-state index contributed by atoms with van der Waals surface area (Å²) in [6, 6.07) is 10.2. The third-order valence-electron chi connectivity index (χ3n) is 2.63. The third-order valence-corrected chi connectivity index (χ3v) is 3.79. The Bertz CT molecular complexity index is 610. The molecule has 0 aliphatic heterocycles. The van der Waals surface area contributed by atoms with Crippen molar-refractivity contribution in [3.8, 4) is 0 Å². The molecule has 0 unspecified atom stereocenters. The van der Waals surface area contributed by atoms with Gasteiger partial charge >= 0.3 is 5.51 Å². The molecule has 2 aromatic rings. The summed E-state index contributed by atoms with van der Waals surface area (Å²) in [5.41, 5.74) is -3.89. The molecule has 0 spiro atoms. The van der Waals surface area contributed by atoms with Gasteiger partial charge < -0.3 is 5.32 Å². The normalized spacial score (nSPS) is 11.5. The van der Waals surface area contributed by atoms with Gasteiger partial charge in [0, 0.05) is 27.7 Å². The Morgan fingerprint density at radius 1 is 1.05 bits per heavy atom. The smallest absolute Gasteiger partial charge is 0.380 e. The lowest BCUT2D eigenvalue weighted by atomic mass is 10.2. The number of alkyl halides is 3. The standard InChI is InChI=1S/C14H10ClF4NS/c15-10-4-3-5-11(16)9(10)8-20-12-6-1-2-7-13(12)21-14(17,18)19/h1-7,20H,8H2. The van der Waals surface area contributed by atoms with E-state index in [2.05, 4.69) is 5.32 Å². The van der Waals surface area contributed by atoms with Crippen molar-refractivity contribution in [1.29, 1.82) is 0 Å². The van der Waals surface area contributed by atoms with Gasteiger partial charge in [0.2, 0.25) is 0 Å². The van der Waals surface area contributed by atoms with Crippen LogP contribution in [0.15, 0.2) is 47.4 Å². The van der Waals surface area contributed by atoms with Gasteiger partial charge in [-0.25, -0.2) is 4.39 Å². The molecule has 0 heterocycles. The maximum absolute atomic E-state index is 13.6. The van der Waals surface area contributed by atoms with E-state index in [9.17, 15) is 17.6 Å². The fourth-order valence-electron chi connectivity index (χ4n) is 1.71. The van der Waals surface area contributed by atoms with Crippen LogP contribution >= 0.6 is 23.4 Å². The predicted molar refractivity (Wildman–Crippen MR) is 77.1 cm³/mol. The van der Waals surface area contributed by atoms with E-state index in [0.29, 0.717) is 0 Å². The monoisotopic (exact) mass is 335 g/mol. The highest BCUT2D eigenvalue weighted by atomic mass is 35.5. The highest BCUT2D eigenvalue weighted by molar-refractivity contribution is 8.00. The highest BCUT2D eigenvalue weighted by Crippen LogP contribution is 2.40. The Morgan fingerprint density at radius 2 is 1.76 bits per heavy atom. The number of hydrogen-bond acceptors (Lipinski definition) is 2. The second kappa shape index (κ2) is 6.58. The van der Waals surface area contributed by atoms with Gasteiger partial charge in [0.1, 0.15) is 5.82 Å². The van der Waals surface area contributed by atoms with Crippen LogP contribution in [-0.4, -0.2) is 5.51 Å². The van der Waals surface area contributed by atoms with Crippen LogP contribution in [0.3, 0.4) is 0 Å². The Balaban J connectivity index is 2.17. The van der Waals surface area contributed by atoms with Crippen molar-refractivity contribution in [2.75, 3.05) is 5.32 Å². The van der Waals surface area contributed by atoms with E-state index in [1.54, 1.807) is 6.07 Å². The van der Waals surface area contributed by atoms with Gasteiger partial charge in [-0.1, -0.05) is 29.8 Å². The lowest BCUT2D eigenvalue weighted by Crippen LogP contribution is -2.05. The van der Waals surface area contributed by atoms with Gasteiger partial charge in [0.05, 0.1) is 0 Å². The van der Waals surface area contributed by atoms with E-state index in [0.717, 1.165) is 0 Å². The first-order chi connectivity index (χ1) is 9.87. The lowest BCUT2D eigenvalue weighted by Gasteiger charge is -2.14. The number of hydrogen-bond donors (Lipinski definition) is 1. The fourth-order valence-corrected chi connectivity index (χ4v) is 2.59. The molecule has 0 saturated heterocycles. The number of nitrogens with one attached hydrogen (secondary N) is 1. The van der Waals surface area contributed by atoms with Crippen LogP contribution in [-0.2, 0) is 6.54 Å². The molecular formula is C14H10ClF4NS. The zero-order chi connectivity index (χ0) is 15.5. The zero-order valence-electron chi connectivity index (χ0n) is 10.5. The maximum Gasteiger partial charge on any atom is 0.446 e. The van der Waals surface area contributed by atoms with Crippen molar-refractivity contribution in [1.82, 2.24) is 0 Å². The second-order valence-electron chi connectivity index (χ2n) is 4.10. The van der Waals surface area contributed by atoms with E-state index in [-0.39, 0.29) is 39.5 Å². The largest absolute Gasteiger partial charge is 0.446 e. The molecule has 7 heteroatoms. The van der Waals surface area contributed by atoms with Crippen molar-refractivity contribution in [3.05, 3.63) is 58.9 Å². The van der Waals surface area contributed by atoms with Crippen molar-refractivity contribution >= 4 is 29.1 Å². The summed E-state index contributed by atoms with van der Waals surface area (Å²) in [6.45, 7) is 0.000930. The first kappa shape index (κ1) is 16.0. The molecule has 0 fully saturated rings. The third kappa shape index (κ3) is 4.54. The second-order valence-corrected chi connectivity index (χ2v) is 5.61. The van der Waals surface area contributed by atoms with Crippen LogP contribution < -0.4 is 5.32 Å². The van der Waals surface area contributed by atoms with Gasteiger partial charge in [-0.2, -0.15) is 13.2 Å². The zero-order valence-corrected chi connectivity index (χ0v) is 12.1. The minimum atomic E-state index is -4.38. The maximum atomic E-state index is 13.6. The van der Waals surface area contributed by atoms with Crippen LogP contribution in [0, 0.1) is 5.82 Å². The van der Waals surface area contributed by atoms with Gasteiger partial charge in [0.15, 0.2) is 0 Å². The molecule has 0 aliphatic rings. The molecule has 0 bridgehead atoms. The summed E-state index contributed by atoms with van der Waals surface area (Å²) >= 11 is 5.66. The molecule has 0 aromatic heterocycles. The number of para-hydroxylation sites is 1. The molecule has 0 amide bonds. The molecule has 21 heavy (non-hydrogen) atoms. The van der Waals surface area contributed by atoms with E-state index < -0.39 is 11.3 Å². The van der Waals surface area contributed by atoms with Crippen molar-refractivity contribution in [3.63, 3.8) is 0 Å². The van der Waals surface area contributed by atoms with E-state index in [1.807, 2.05) is 0 Å². The molecule has 1 nitrogen and oxygen atoms in total. The predicted octanol–water partition coefficient (Wildman–Crippen LogP) is 5.70. The van der Waals surface area contributed by atoms with Gasteiger partial charge in [-0.15, -0.1) is 0 Å². The summed E-state index contributed by atoms with van der Waals surface area (Å²) in [5.74, 6) is -0.504. The van der Waals surface area contributed by atoms with E-state index in [4.69, 9.17) is 11.6 Å². The first-order valence-electron chi connectivity index (χ1n) is 5.88.